The number of ether oxygens (including phenoxy) is 1. The van der Waals surface area contributed by atoms with E-state index in [1.165, 1.54) is 0 Å². The van der Waals surface area contributed by atoms with Crippen LogP contribution in [0.15, 0.2) is 36.5 Å². The minimum absolute atomic E-state index is 0.102. The van der Waals surface area contributed by atoms with Gasteiger partial charge in [0.1, 0.15) is 5.82 Å². The first-order chi connectivity index (χ1) is 11.8. The van der Waals surface area contributed by atoms with Gasteiger partial charge < -0.3 is 14.6 Å². The monoisotopic (exact) mass is 325 g/mol. The van der Waals surface area contributed by atoms with Crippen LogP contribution in [-0.4, -0.2) is 28.7 Å². The van der Waals surface area contributed by atoms with Crippen LogP contribution in [0.2, 0.25) is 0 Å². The number of carbonyl (C=O) groups excluding carboxylic acids is 1. The third-order valence-electron chi connectivity index (χ3n) is 5.34. The number of amides is 1. The molecule has 1 saturated heterocycles. The maximum absolute atomic E-state index is 13.1. The summed E-state index contributed by atoms with van der Waals surface area (Å²) in [4.78, 5) is 17.6. The van der Waals surface area contributed by atoms with Crippen molar-refractivity contribution >= 4 is 5.91 Å². The minimum Gasteiger partial charge on any atom is -0.381 e. The number of carbonyl (C=O) groups is 1. The van der Waals surface area contributed by atoms with E-state index in [1.54, 1.807) is 0 Å². The number of nitrogens with one attached hydrogen (secondary N) is 1. The third-order valence-corrected chi connectivity index (χ3v) is 5.34. The highest BCUT2D eigenvalue weighted by Gasteiger charge is 2.41. The largest absolute Gasteiger partial charge is 0.381 e. The molecule has 0 saturated carbocycles. The van der Waals surface area contributed by atoms with E-state index in [1.807, 2.05) is 24.4 Å². The molecule has 2 aliphatic heterocycles. The standard InChI is InChI=1S/C19H23N3O2/c23-18(21-14-16-13-20-17-7-4-10-22(16)17)19(8-11-24-12-9-19)15-5-2-1-3-6-15/h1-3,5-6,13H,4,7-12,14H2,(H,21,23). The van der Waals surface area contributed by atoms with Gasteiger partial charge in [0.2, 0.25) is 5.91 Å². The average molecular weight is 325 g/mol. The summed E-state index contributed by atoms with van der Waals surface area (Å²) in [5, 5.41) is 3.17. The Bertz CT molecular complexity index is 717. The Morgan fingerprint density at radius 1 is 1.25 bits per heavy atom. The van der Waals surface area contributed by atoms with Gasteiger partial charge in [0.15, 0.2) is 0 Å². The summed E-state index contributed by atoms with van der Waals surface area (Å²) in [6, 6.07) is 10.1. The molecule has 0 spiro atoms. The van der Waals surface area contributed by atoms with Crippen molar-refractivity contribution in [2.24, 2.45) is 0 Å². The Balaban J connectivity index is 1.53. The first-order valence-corrected chi connectivity index (χ1v) is 8.74. The fourth-order valence-corrected chi connectivity index (χ4v) is 3.93. The van der Waals surface area contributed by atoms with Crippen LogP contribution >= 0.6 is 0 Å². The summed E-state index contributed by atoms with van der Waals surface area (Å²) in [6.07, 6.45) is 5.54. The molecule has 0 radical (unpaired) electrons. The summed E-state index contributed by atoms with van der Waals surface area (Å²) in [5.41, 5.74) is 1.71. The smallest absolute Gasteiger partial charge is 0.231 e. The van der Waals surface area contributed by atoms with E-state index in [-0.39, 0.29) is 5.91 Å². The van der Waals surface area contributed by atoms with E-state index < -0.39 is 5.41 Å². The van der Waals surface area contributed by atoms with Crippen LogP contribution < -0.4 is 5.32 Å². The number of rotatable bonds is 4. The van der Waals surface area contributed by atoms with Crippen molar-refractivity contribution < 1.29 is 9.53 Å². The molecule has 5 nitrogen and oxygen atoms in total. The molecule has 0 bridgehead atoms. The van der Waals surface area contributed by atoms with Gasteiger partial charge in [-0.25, -0.2) is 4.98 Å². The normalized spacial score (nSPS) is 19.0. The highest BCUT2D eigenvalue weighted by molar-refractivity contribution is 5.88. The lowest BCUT2D eigenvalue weighted by Gasteiger charge is -2.36. The molecular weight excluding hydrogens is 302 g/mol. The van der Waals surface area contributed by atoms with E-state index >= 15 is 0 Å². The second-order valence-electron chi connectivity index (χ2n) is 6.66. The number of nitrogens with zero attached hydrogens (tertiary/aromatic N) is 2. The molecular formula is C19H23N3O2. The lowest BCUT2D eigenvalue weighted by molar-refractivity contribution is -0.130. The number of aromatic nitrogens is 2. The van der Waals surface area contributed by atoms with Gasteiger partial charge in [0.05, 0.1) is 23.9 Å². The molecule has 3 heterocycles. The number of imidazole rings is 1. The molecule has 0 atom stereocenters. The van der Waals surface area contributed by atoms with Crippen molar-refractivity contribution in [1.82, 2.24) is 14.9 Å². The van der Waals surface area contributed by atoms with Crippen LogP contribution in [0.4, 0.5) is 0 Å². The quantitative estimate of drug-likeness (QED) is 0.937. The lowest BCUT2D eigenvalue weighted by Crippen LogP contribution is -2.47. The zero-order valence-electron chi connectivity index (χ0n) is 13.8. The van der Waals surface area contributed by atoms with E-state index in [0.29, 0.717) is 19.8 Å². The summed E-state index contributed by atoms with van der Waals surface area (Å²) in [6.45, 7) is 2.81. The molecule has 1 aromatic carbocycles. The van der Waals surface area contributed by atoms with Crippen molar-refractivity contribution in [3.05, 3.63) is 53.6 Å². The highest BCUT2D eigenvalue weighted by Crippen LogP contribution is 2.35. The first kappa shape index (κ1) is 15.4. The zero-order valence-corrected chi connectivity index (χ0v) is 13.8. The fourth-order valence-electron chi connectivity index (χ4n) is 3.93. The summed E-state index contributed by atoms with van der Waals surface area (Å²) in [5.74, 6) is 1.24. The van der Waals surface area contributed by atoms with Crippen molar-refractivity contribution in [2.45, 2.75) is 44.2 Å². The molecule has 126 valence electrons. The number of hydrogen-bond acceptors (Lipinski definition) is 3. The van der Waals surface area contributed by atoms with Gasteiger partial charge in [-0.2, -0.15) is 0 Å². The number of aryl methyl sites for hydroxylation is 1. The van der Waals surface area contributed by atoms with Gasteiger partial charge in [-0.05, 0) is 24.8 Å². The molecule has 2 aromatic rings. The molecule has 1 aromatic heterocycles. The second-order valence-corrected chi connectivity index (χ2v) is 6.66. The van der Waals surface area contributed by atoms with E-state index in [4.69, 9.17) is 4.74 Å². The Hall–Kier alpha value is -2.14. The summed E-state index contributed by atoms with van der Waals surface area (Å²) < 4.78 is 7.75. The third kappa shape index (κ3) is 2.63. The average Bonchev–Trinajstić information content (AvgIpc) is 3.25. The van der Waals surface area contributed by atoms with Gasteiger partial charge in [-0.15, -0.1) is 0 Å². The van der Waals surface area contributed by atoms with Gasteiger partial charge in [0.25, 0.3) is 0 Å². The van der Waals surface area contributed by atoms with Crippen molar-refractivity contribution in [2.75, 3.05) is 13.2 Å². The summed E-state index contributed by atoms with van der Waals surface area (Å²) in [7, 11) is 0. The van der Waals surface area contributed by atoms with Crippen LogP contribution in [0.1, 0.15) is 36.3 Å². The Labute approximate surface area is 142 Å². The minimum atomic E-state index is -0.479. The Kier molecular flexibility index (Phi) is 4.10. The molecule has 5 heteroatoms. The first-order valence-electron chi connectivity index (χ1n) is 8.74. The van der Waals surface area contributed by atoms with Crippen LogP contribution in [0.25, 0.3) is 0 Å². The van der Waals surface area contributed by atoms with Crippen molar-refractivity contribution in [1.29, 1.82) is 0 Å². The van der Waals surface area contributed by atoms with E-state index in [2.05, 4.69) is 27.0 Å². The maximum atomic E-state index is 13.1. The van der Waals surface area contributed by atoms with Gasteiger partial charge in [0, 0.05) is 26.2 Å². The van der Waals surface area contributed by atoms with Crippen LogP contribution in [0.5, 0.6) is 0 Å². The second kappa shape index (κ2) is 6.40. The van der Waals surface area contributed by atoms with Crippen molar-refractivity contribution in [3.63, 3.8) is 0 Å². The van der Waals surface area contributed by atoms with Gasteiger partial charge in [-0.1, -0.05) is 30.3 Å². The predicted octanol–water partition coefficient (Wildman–Crippen LogP) is 2.19. The zero-order chi connectivity index (χ0) is 16.4. The molecule has 2 aliphatic rings. The molecule has 4 rings (SSSR count). The van der Waals surface area contributed by atoms with Crippen LogP contribution in [-0.2, 0) is 34.5 Å². The molecule has 24 heavy (non-hydrogen) atoms. The number of fused-ring (bicyclic) bond motifs is 1. The fraction of sp³-hybridized carbons (Fsp3) is 0.474. The van der Waals surface area contributed by atoms with Crippen LogP contribution in [0.3, 0.4) is 0 Å². The van der Waals surface area contributed by atoms with Crippen LogP contribution in [0, 0.1) is 0 Å². The lowest BCUT2D eigenvalue weighted by atomic mass is 9.73. The number of hydrogen-bond donors (Lipinski definition) is 1. The molecule has 1 fully saturated rings. The van der Waals surface area contributed by atoms with Gasteiger partial charge >= 0.3 is 0 Å². The molecule has 0 unspecified atom stereocenters. The Morgan fingerprint density at radius 2 is 2.04 bits per heavy atom. The SMILES string of the molecule is O=C(NCc1cnc2n1CCC2)C1(c2ccccc2)CCOCC1. The topological polar surface area (TPSA) is 56.2 Å². The summed E-state index contributed by atoms with van der Waals surface area (Å²) >= 11 is 0. The molecule has 1 N–H and O–H groups in total. The van der Waals surface area contributed by atoms with E-state index in [9.17, 15) is 4.79 Å². The van der Waals surface area contributed by atoms with Gasteiger partial charge in [-0.3, -0.25) is 4.79 Å². The maximum Gasteiger partial charge on any atom is 0.231 e. The predicted molar refractivity (Wildman–Crippen MR) is 90.6 cm³/mol. The molecule has 1 amide bonds. The van der Waals surface area contributed by atoms with Crippen molar-refractivity contribution in [3.8, 4) is 0 Å². The molecule has 0 aliphatic carbocycles. The highest BCUT2D eigenvalue weighted by atomic mass is 16.5. The Morgan fingerprint density at radius 3 is 2.83 bits per heavy atom. The van der Waals surface area contributed by atoms with E-state index in [0.717, 1.165) is 49.3 Å². The number of benzene rings is 1.